The topological polar surface area (TPSA) is 93.2 Å². The van der Waals surface area contributed by atoms with Crippen molar-refractivity contribution in [3.63, 3.8) is 0 Å². The normalized spacial score (nSPS) is 11.2. The Kier molecular flexibility index (Phi) is 2.91. The van der Waals surface area contributed by atoms with Gasteiger partial charge in [0.25, 0.3) is 0 Å². The number of rotatable bonds is 1. The fraction of sp³-hybridized carbons (Fsp3) is 0.400. The molecular weight excluding hydrogens is 136 g/mol. The van der Waals surface area contributed by atoms with Gasteiger partial charge in [0.1, 0.15) is 5.92 Å². The van der Waals surface area contributed by atoms with E-state index in [4.69, 9.17) is 5.26 Å². The van der Waals surface area contributed by atoms with Gasteiger partial charge < -0.3 is 10.5 Å². The van der Waals surface area contributed by atoms with Crippen LogP contribution in [0.4, 0.5) is 4.79 Å². The van der Waals surface area contributed by atoms with Crippen LogP contribution >= 0.6 is 0 Å². The Morgan fingerprint density at radius 3 is 2.50 bits per heavy atom. The van der Waals surface area contributed by atoms with Crippen LogP contribution in [0.5, 0.6) is 0 Å². The van der Waals surface area contributed by atoms with Crippen molar-refractivity contribution >= 4 is 12.1 Å². The Morgan fingerprint density at radius 2 is 2.20 bits per heavy atom. The van der Waals surface area contributed by atoms with Crippen molar-refractivity contribution < 1.29 is 14.3 Å². The van der Waals surface area contributed by atoms with Crippen LogP contribution in [0.25, 0.3) is 0 Å². The molecule has 0 fully saturated rings. The molecule has 1 atom stereocenters. The monoisotopic (exact) mass is 142 g/mol. The summed E-state index contributed by atoms with van der Waals surface area (Å²) in [7, 11) is 0. The summed E-state index contributed by atoms with van der Waals surface area (Å²) in [6.07, 6.45) is -1.19. The van der Waals surface area contributed by atoms with Crippen LogP contribution in [0.3, 0.4) is 0 Å². The lowest BCUT2D eigenvalue weighted by molar-refractivity contribution is -0.139. The van der Waals surface area contributed by atoms with Crippen LogP contribution < -0.4 is 5.73 Å². The van der Waals surface area contributed by atoms with Crippen LogP contribution in [-0.2, 0) is 9.53 Å². The molecule has 1 amide bonds. The molecule has 0 aliphatic carbocycles. The molecule has 5 nitrogen and oxygen atoms in total. The summed E-state index contributed by atoms with van der Waals surface area (Å²) in [4.78, 5) is 20.3. The second-order valence-electron chi connectivity index (χ2n) is 1.59. The molecule has 0 aliphatic heterocycles. The Morgan fingerprint density at radius 1 is 1.70 bits per heavy atom. The molecule has 54 valence electrons. The molecule has 0 bridgehead atoms. The zero-order valence-electron chi connectivity index (χ0n) is 5.33. The van der Waals surface area contributed by atoms with E-state index in [9.17, 15) is 9.59 Å². The van der Waals surface area contributed by atoms with E-state index < -0.39 is 18.0 Å². The van der Waals surface area contributed by atoms with Crippen LogP contribution in [0.1, 0.15) is 6.92 Å². The Labute approximate surface area is 57.4 Å². The van der Waals surface area contributed by atoms with Crippen LogP contribution in [0.15, 0.2) is 0 Å². The highest BCUT2D eigenvalue weighted by Crippen LogP contribution is 1.94. The van der Waals surface area contributed by atoms with Gasteiger partial charge >= 0.3 is 12.1 Å². The molecule has 0 aromatic heterocycles. The second-order valence-corrected chi connectivity index (χ2v) is 1.59. The van der Waals surface area contributed by atoms with Gasteiger partial charge in [-0.3, -0.25) is 4.79 Å². The van der Waals surface area contributed by atoms with Gasteiger partial charge in [0.15, 0.2) is 0 Å². The zero-order valence-corrected chi connectivity index (χ0v) is 5.33. The number of hydrogen-bond acceptors (Lipinski definition) is 4. The third kappa shape index (κ3) is 2.67. The molecule has 0 saturated carbocycles. The van der Waals surface area contributed by atoms with Gasteiger partial charge in [0, 0.05) is 0 Å². The van der Waals surface area contributed by atoms with E-state index in [0.29, 0.717) is 0 Å². The molecule has 0 aromatic carbocycles. The molecule has 0 radical (unpaired) electrons. The highest BCUT2D eigenvalue weighted by Gasteiger charge is 2.14. The number of carbonyl (C=O) groups excluding carboxylic acids is 2. The Balaban J connectivity index is 3.88. The maximum atomic E-state index is 10.4. The molecule has 0 saturated heterocycles. The van der Waals surface area contributed by atoms with Gasteiger partial charge in [0.2, 0.25) is 0 Å². The van der Waals surface area contributed by atoms with Crippen molar-refractivity contribution in [3.8, 4) is 6.07 Å². The average Bonchev–Trinajstić information content (AvgIpc) is 1.85. The van der Waals surface area contributed by atoms with E-state index in [1.807, 2.05) is 0 Å². The summed E-state index contributed by atoms with van der Waals surface area (Å²) in [5.74, 6) is -1.87. The molecule has 0 rings (SSSR count). The van der Waals surface area contributed by atoms with Crippen molar-refractivity contribution in [2.45, 2.75) is 6.92 Å². The molecule has 10 heavy (non-hydrogen) atoms. The van der Waals surface area contributed by atoms with Gasteiger partial charge in [-0.25, -0.2) is 4.79 Å². The third-order valence-corrected chi connectivity index (χ3v) is 0.748. The standard InChI is InChI=1S/C5H6N2O3/c1-3(2-6)4(8)10-5(7)9/h3H,1H3,(H2,7,9). The maximum absolute atomic E-state index is 10.4. The second kappa shape index (κ2) is 3.45. The minimum Gasteiger partial charge on any atom is -0.375 e. The lowest BCUT2D eigenvalue weighted by Gasteiger charge is -1.97. The largest absolute Gasteiger partial charge is 0.412 e. The van der Waals surface area contributed by atoms with Crippen molar-refractivity contribution in [2.24, 2.45) is 11.7 Å². The van der Waals surface area contributed by atoms with Gasteiger partial charge in [0.05, 0.1) is 6.07 Å². The summed E-state index contributed by atoms with van der Waals surface area (Å²) in [6, 6.07) is 1.59. The van der Waals surface area contributed by atoms with E-state index in [-0.39, 0.29) is 0 Å². The van der Waals surface area contributed by atoms with E-state index >= 15 is 0 Å². The van der Waals surface area contributed by atoms with E-state index in [0.717, 1.165) is 0 Å². The third-order valence-electron chi connectivity index (χ3n) is 0.748. The lowest BCUT2D eigenvalue weighted by atomic mass is 10.2. The molecule has 2 N–H and O–H groups in total. The first kappa shape index (κ1) is 8.43. The summed E-state index contributed by atoms with van der Waals surface area (Å²) >= 11 is 0. The minimum atomic E-state index is -1.19. The summed E-state index contributed by atoms with van der Waals surface area (Å²) < 4.78 is 3.88. The van der Waals surface area contributed by atoms with Crippen molar-refractivity contribution in [1.29, 1.82) is 5.26 Å². The summed E-state index contributed by atoms with van der Waals surface area (Å²) in [5, 5.41) is 8.12. The zero-order chi connectivity index (χ0) is 8.15. The molecular formula is C5H6N2O3. The number of hydrogen-bond donors (Lipinski definition) is 1. The first-order valence-corrected chi connectivity index (χ1v) is 2.48. The number of esters is 1. The van der Waals surface area contributed by atoms with Crippen LogP contribution in [0, 0.1) is 17.2 Å². The summed E-state index contributed by atoms with van der Waals surface area (Å²) in [5.41, 5.74) is 4.49. The number of nitrogens with zero attached hydrogens (tertiary/aromatic N) is 1. The highest BCUT2D eigenvalue weighted by atomic mass is 16.6. The minimum absolute atomic E-state index is 0.921. The first-order chi connectivity index (χ1) is 4.57. The van der Waals surface area contributed by atoms with E-state index in [1.165, 1.54) is 6.92 Å². The number of nitrogens with two attached hydrogens (primary N) is 1. The molecule has 0 aliphatic rings. The highest BCUT2D eigenvalue weighted by molar-refractivity contribution is 5.86. The van der Waals surface area contributed by atoms with Crippen LogP contribution in [-0.4, -0.2) is 12.1 Å². The van der Waals surface area contributed by atoms with Crippen molar-refractivity contribution in [1.82, 2.24) is 0 Å². The van der Waals surface area contributed by atoms with Gasteiger partial charge in [-0.1, -0.05) is 0 Å². The van der Waals surface area contributed by atoms with Gasteiger partial charge in [-0.05, 0) is 6.92 Å². The van der Waals surface area contributed by atoms with E-state index in [1.54, 1.807) is 6.07 Å². The van der Waals surface area contributed by atoms with Crippen molar-refractivity contribution in [2.75, 3.05) is 0 Å². The molecule has 0 spiro atoms. The van der Waals surface area contributed by atoms with Crippen LogP contribution in [0.2, 0.25) is 0 Å². The molecule has 0 heterocycles. The fourth-order valence-corrected chi connectivity index (χ4v) is 0.240. The number of ether oxygens (including phenoxy) is 1. The van der Waals surface area contributed by atoms with E-state index in [2.05, 4.69) is 10.5 Å². The first-order valence-electron chi connectivity index (χ1n) is 2.48. The average molecular weight is 142 g/mol. The van der Waals surface area contributed by atoms with Gasteiger partial charge in [-0.15, -0.1) is 0 Å². The molecule has 5 heteroatoms. The molecule has 0 aromatic rings. The predicted molar refractivity (Wildman–Crippen MR) is 30.5 cm³/mol. The quantitative estimate of drug-likeness (QED) is 0.404. The maximum Gasteiger partial charge on any atom is 0.412 e. The van der Waals surface area contributed by atoms with Crippen molar-refractivity contribution in [3.05, 3.63) is 0 Å². The molecule has 1 unspecified atom stereocenters. The lowest BCUT2D eigenvalue weighted by Crippen LogP contribution is -2.22. The number of carbonyl (C=O) groups is 2. The Hall–Kier alpha value is -1.57. The number of primary amides is 1. The predicted octanol–water partition coefficient (Wildman–Crippen LogP) is -0.232. The van der Waals surface area contributed by atoms with Gasteiger partial charge in [-0.2, -0.15) is 5.26 Å². The SMILES string of the molecule is CC(C#N)C(=O)OC(N)=O. The Bertz CT molecular complexity index is 194. The summed E-state index contributed by atoms with van der Waals surface area (Å²) in [6.45, 7) is 1.31. The fourth-order valence-electron chi connectivity index (χ4n) is 0.240. The number of nitriles is 1. The number of amides is 1. The smallest absolute Gasteiger partial charge is 0.375 e.